The summed E-state index contributed by atoms with van der Waals surface area (Å²) in [5, 5.41) is 52.5. The third-order valence-electron chi connectivity index (χ3n) is 5.75. The number of anilines is 1. The Morgan fingerprint density at radius 2 is 1.88 bits per heavy atom. The summed E-state index contributed by atoms with van der Waals surface area (Å²) in [6.07, 6.45) is -6.32. The second kappa shape index (κ2) is 13.0. The van der Waals surface area contributed by atoms with Crippen LogP contribution < -0.4 is 27.7 Å². The van der Waals surface area contributed by atoms with Crippen LogP contribution in [0.15, 0.2) is 9.95 Å². The average molecular weight is 589 g/mol. The van der Waals surface area contributed by atoms with Crippen molar-refractivity contribution in [3.05, 3.63) is 10.4 Å². The van der Waals surface area contributed by atoms with Crippen molar-refractivity contribution in [2.75, 3.05) is 24.6 Å². The molecule has 1 fully saturated rings. The van der Waals surface area contributed by atoms with Gasteiger partial charge in [-0.25, -0.2) is 4.98 Å². The van der Waals surface area contributed by atoms with Crippen molar-refractivity contribution in [1.82, 2.24) is 30.2 Å². The van der Waals surface area contributed by atoms with E-state index in [1.54, 1.807) is 0 Å². The van der Waals surface area contributed by atoms with Crippen LogP contribution in [0.5, 0.6) is 0 Å². The molecular weight excluding hydrogens is 560 g/mol. The number of H-pyrrole nitrogens is 1. The van der Waals surface area contributed by atoms with Crippen molar-refractivity contribution >= 4 is 52.6 Å². The number of thioether (sulfide) groups is 1. The summed E-state index contributed by atoms with van der Waals surface area (Å²) in [6.45, 7) is -1.41. The first-order chi connectivity index (χ1) is 18.8. The SMILES string of the molecule is Nc1nc2c(nc(SC[C@H](NC(=O)CC[C@H](N)C(=O)O)C(=O)NCC(=O)O)n2[C@@H]2O[C@H](CO)[C@@H](O)[C@H]2O)c(=O)[nH]1. The maximum Gasteiger partial charge on any atom is 0.322 e. The van der Waals surface area contributed by atoms with Gasteiger partial charge in [0.25, 0.3) is 5.56 Å². The van der Waals surface area contributed by atoms with Crippen LogP contribution in [0.25, 0.3) is 11.2 Å². The van der Waals surface area contributed by atoms with Gasteiger partial charge in [0.2, 0.25) is 17.8 Å². The molecule has 2 aromatic heterocycles. The van der Waals surface area contributed by atoms with E-state index in [2.05, 4.69) is 25.6 Å². The number of aromatic amines is 1. The molecule has 220 valence electrons. The lowest BCUT2D eigenvalue weighted by atomic mass is 10.1. The number of rotatable bonds is 13. The van der Waals surface area contributed by atoms with Crippen molar-refractivity contribution in [1.29, 1.82) is 0 Å². The van der Waals surface area contributed by atoms with Gasteiger partial charge >= 0.3 is 11.9 Å². The molecule has 6 atom stereocenters. The van der Waals surface area contributed by atoms with Gasteiger partial charge in [0, 0.05) is 12.2 Å². The molecule has 0 bridgehead atoms. The number of carbonyl (C=O) groups is 4. The fourth-order valence-corrected chi connectivity index (χ4v) is 4.74. The van der Waals surface area contributed by atoms with Gasteiger partial charge in [0.1, 0.15) is 36.9 Å². The van der Waals surface area contributed by atoms with E-state index in [1.165, 1.54) is 0 Å². The Morgan fingerprint density at radius 1 is 1.18 bits per heavy atom. The number of nitrogens with two attached hydrogens (primary N) is 2. The number of amides is 2. The summed E-state index contributed by atoms with van der Waals surface area (Å²) in [5.74, 6) is -4.95. The Hall–Kier alpha value is -3.82. The number of carbonyl (C=O) groups excluding carboxylic acids is 2. The number of aliphatic carboxylic acids is 2. The smallest absolute Gasteiger partial charge is 0.322 e. The van der Waals surface area contributed by atoms with E-state index in [9.17, 15) is 39.3 Å². The highest BCUT2D eigenvalue weighted by Gasteiger charge is 2.45. The zero-order chi connectivity index (χ0) is 29.7. The summed E-state index contributed by atoms with van der Waals surface area (Å²) in [4.78, 5) is 69.9. The van der Waals surface area contributed by atoms with Gasteiger partial charge in [0.15, 0.2) is 22.5 Å². The number of carboxylic acid groups (broad SMARTS) is 2. The number of aliphatic hydroxyl groups excluding tert-OH is 3. The van der Waals surface area contributed by atoms with E-state index < -0.39 is 79.1 Å². The largest absolute Gasteiger partial charge is 0.480 e. The van der Waals surface area contributed by atoms with Gasteiger partial charge in [-0.15, -0.1) is 0 Å². The van der Waals surface area contributed by atoms with Crippen molar-refractivity contribution in [2.45, 2.75) is 54.6 Å². The molecule has 3 heterocycles. The lowest BCUT2D eigenvalue weighted by Gasteiger charge is -2.21. The summed E-state index contributed by atoms with van der Waals surface area (Å²) in [7, 11) is 0. The third-order valence-corrected chi connectivity index (χ3v) is 6.80. The van der Waals surface area contributed by atoms with Crippen LogP contribution in [-0.4, -0.2) is 118 Å². The molecule has 0 unspecified atom stereocenters. The molecule has 20 heteroatoms. The van der Waals surface area contributed by atoms with Crippen molar-refractivity contribution < 1.29 is 49.4 Å². The topological polar surface area (TPSA) is 318 Å². The van der Waals surface area contributed by atoms with Crippen LogP contribution in [0.3, 0.4) is 0 Å². The Morgan fingerprint density at radius 3 is 2.48 bits per heavy atom. The first-order valence-electron chi connectivity index (χ1n) is 11.6. The zero-order valence-electron chi connectivity index (χ0n) is 20.6. The van der Waals surface area contributed by atoms with Crippen molar-refractivity contribution in [2.24, 2.45) is 5.73 Å². The molecule has 1 aliphatic rings. The number of fused-ring (bicyclic) bond motifs is 1. The van der Waals surface area contributed by atoms with E-state index in [-0.39, 0.29) is 40.9 Å². The normalized spacial score (nSPS) is 22.1. The van der Waals surface area contributed by atoms with Gasteiger partial charge in [-0.3, -0.25) is 33.5 Å². The van der Waals surface area contributed by atoms with Crippen LogP contribution in [-0.2, 0) is 23.9 Å². The lowest BCUT2D eigenvalue weighted by molar-refractivity contribution is -0.139. The summed E-state index contributed by atoms with van der Waals surface area (Å²) < 4.78 is 6.69. The predicted molar refractivity (Wildman–Crippen MR) is 134 cm³/mol. The molecule has 1 aliphatic heterocycles. The minimum Gasteiger partial charge on any atom is -0.480 e. The fraction of sp³-hybridized carbons (Fsp3) is 0.550. The first-order valence-corrected chi connectivity index (χ1v) is 12.6. The van der Waals surface area contributed by atoms with Crippen molar-refractivity contribution in [3.8, 4) is 0 Å². The van der Waals surface area contributed by atoms with Crippen LogP contribution >= 0.6 is 11.8 Å². The Labute approximate surface area is 227 Å². The standard InChI is InChI=1S/C20H28N8O11S/c21-6(18(37)38)1-2-9(30)24-7(15(35)23-3-10(31)32)5-40-20-25-11-14(26-19(22)27-16(11)36)28(20)17-13(34)12(33)8(4-29)39-17/h6-8,12-13,17,29,33-34H,1-5,21H2,(H,23,35)(H,24,30)(H,31,32)(H,37,38)(H3,22,26,27,36)/t6-,7-,8+,12+,13+,17+/m0/s1. The first kappa shape index (κ1) is 30.7. The molecule has 0 saturated carbocycles. The van der Waals surface area contributed by atoms with E-state index in [4.69, 9.17) is 26.4 Å². The van der Waals surface area contributed by atoms with Gasteiger partial charge < -0.3 is 52.4 Å². The third kappa shape index (κ3) is 7.03. The molecule has 0 aromatic carbocycles. The van der Waals surface area contributed by atoms with Gasteiger partial charge in [-0.2, -0.15) is 4.98 Å². The van der Waals surface area contributed by atoms with Crippen LogP contribution in [0.4, 0.5) is 5.95 Å². The number of imidazole rings is 1. The quantitative estimate of drug-likeness (QED) is 0.0982. The van der Waals surface area contributed by atoms with E-state index in [0.29, 0.717) is 0 Å². The number of ether oxygens (including phenoxy) is 1. The van der Waals surface area contributed by atoms with Crippen molar-refractivity contribution in [3.63, 3.8) is 0 Å². The van der Waals surface area contributed by atoms with Gasteiger partial charge in [-0.1, -0.05) is 11.8 Å². The number of nitrogen functional groups attached to an aromatic ring is 1. The molecule has 40 heavy (non-hydrogen) atoms. The molecule has 19 nitrogen and oxygen atoms in total. The van der Waals surface area contributed by atoms with Crippen LogP contribution in [0.2, 0.25) is 0 Å². The zero-order valence-corrected chi connectivity index (χ0v) is 21.4. The Balaban J connectivity index is 1.91. The van der Waals surface area contributed by atoms with Gasteiger partial charge in [-0.05, 0) is 6.42 Å². The Kier molecular flexibility index (Phi) is 10.0. The lowest BCUT2D eigenvalue weighted by Crippen LogP contribution is -2.49. The molecule has 0 spiro atoms. The summed E-state index contributed by atoms with van der Waals surface area (Å²) >= 11 is 0.769. The molecular formula is C20H28N8O11S. The number of hydrogen-bond acceptors (Lipinski definition) is 14. The molecule has 0 aliphatic carbocycles. The number of hydrogen-bond donors (Lipinski definition) is 10. The Bertz CT molecular complexity index is 1330. The molecule has 3 rings (SSSR count). The number of aliphatic hydroxyl groups is 3. The monoisotopic (exact) mass is 588 g/mol. The molecule has 0 radical (unpaired) electrons. The fourth-order valence-electron chi connectivity index (χ4n) is 3.71. The summed E-state index contributed by atoms with van der Waals surface area (Å²) in [5.41, 5.74) is 9.90. The van der Waals surface area contributed by atoms with Crippen LogP contribution in [0.1, 0.15) is 19.1 Å². The highest BCUT2D eigenvalue weighted by molar-refractivity contribution is 7.99. The molecule has 1 saturated heterocycles. The second-order valence-corrected chi connectivity index (χ2v) is 9.63. The number of nitrogens with one attached hydrogen (secondary N) is 3. The highest BCUT2D eigenvalue weighted by atomic mass is 32.2. The maximum atomic E-state index is 12.7. The van der Waals surface area contributed by atoms with Gasteiger partial charge in [0.05, 0.1) is 6.61 Å². The van der Waals surface area contributed by atoms with Crippen LogP contribution in [0, 0.1) is 0 Å². The maximum absolute atomic E-state index is 12.7. The highest BCUT2D eigenvalue weighted by Crippen LogP contribution is 2.35. The van der Waals surface area contributed by atoms with E-state index >= 15 is 0 Å². The number of aromatic nitrogens is 4. The number of carboxylic acids is 2. The second-order valence-electron chi connectivity index (χ2n) is 8.64. The predicted octanol–water partition coefficient (Wildman–Crippen LogP) is -4.72. The minimum atomic E-state index is -1.61. The van der Waals surface area contributed by atoms with E-state index in [1.807, 2.05) is 0 Å². The average Bonchev–Trinajstić information content (AvgIpc) is 3.39. The molecule has 2 amide bonds. The minimum absolute atomic E-state index is 0.0772. The van der Waals surface area contributed by atoms with E-state index in [0.717, 1.165) is 16.3 Å². The molecule has 12 N–H and O–H groups in total. The number of nitrogens with zero attached hydrogens (tertiary/aromatic N) is 3. The molecule has 2 aromatic rings. The summed E-state index contributed by atoms with van der Waals surface area (Å²) in [6, 6.07) is -2.71.